The standard InChI is InChI=1S/C11H18N2/c1-8(2)11(3)6-4-5-10-9(11)7-12-13-10/h7-8H,4-6H2,1-3H3,(H,12,13). The topological polar surface area (TPSA) is 28.7 Å². The van der Waals surface area contributed by atoms with Crippen LogP contribution in [0.25, 0.3) is 0 Å². The van der Waals surface area contributed by atoms with Crippen molar-refractivity contribution >= 4 is 0 Å². The molecule has 2 rings (SSSR count). The Labute approximate surface area is 79.7 Å². The minimum Gasteiger partial charge on any atom is -0.285 e. The molecule has 1 aromatic rings. The normalized spacial score (nSPS) is 27.7. The Bertz CT molecular complexity index is 301. The molecule has 0 fully saturated rings. The molecule has 1 aliphatic carbocycles. The summed E-state index contributed by atoms with van der Waals surface area (Å²) in [7, 11) is 0. The van der Waals surface area contributed by atoms with Crippen molar-refractivity contribution in [1.82, 2.24) is 10.2 Å². The zero-order valence-electron chi connectivity index (χ0n) is 8.72. The van der Waals surface area contributed by atoms with Gasteiger partial charge < -0.3 is 0 Å². The molecule has 1 aromatic heterocycles. The zero-order valence-corrected chi connectivity index (χ0v) is 8.72. The second-order valence-corrected chi connectivity index (χ2v) is 4.67. The van der Waals surface area contributed by atoms with Crippen molar-refractivity contribution in [2.45, 2.75) is 45.4 Å². The van der Waals surface area contributed by atoms with Crippen LogP contribution in [0.5, 0.6) is 0 Å². The fraction of sp³-hybridized carbons (Fsp3) is 0.727. The molecular formula is C11H18N2. The quantitative estimate of drug-likeness (QED) is 0.703. The van der Waals surface area contributed by atoms with E-state index in [4.69, 9.17) is 0 Å². The highest BCUT2D eigenvalue weighted by atomic mass is 15.1. The van der Waals surface area contributed by atoms with Gasteiger partial charge >= 0.3 is 0 Å². The van der Waals surface area contributed by atoms with Gasteiger partial charge in [0.2, 0.25) is 0 Å². The Morgan fingerprint density at radius 1 is 1.54 bits per heavy atom. The molecule has 0 saturated heterocycles. The lowest BCUT2D eigenvalue weighted by atomic mass is 9.67. The van der Waals surface area contributed by atoms with E-state index in [1.165, 1.54) is 24.1 Å². The maximum Gasteiger partial charge on any atom is 0.0659 e. The van der Waals surface area contributed by atoms with Crippen LogP contribution in [0.2, 0.25) is 0 Å². The van der Waals surface area contributed by atoms with Gasteiger partial charge in [0.25, 0.3) is 0 Å². The Kier molecular flexibility index (Phi) is 1.94. The number of nitrogens with zero attached hydrogens (tertiary/aromatic N) is 1. The van der Waals surface area contributed by atoms with Crippen LogP contribution in [0, 0.1) is 5.92 Å². The van der Waals surface area contributed by atoms with Crippen molar-refractivity contribution in [3.8, 4) is 0 Å². The van der Waals surface area contributed by atoms with Gasteiger partial charge in [0.15, 0.2) is 0 Å². The summed E-state index contributed by atoms with van der Waals surface area (Å²) in [5, 5.41) is 7.31. The first-order chi connectivity index (χ1) is 6.14. The summed E-state index contributed by atoms with van der Waals surface area (Å²) in [5.41, 5.74) is 3.09. The molecule has 0 bridgehead atoms. The summed E-state index contributed by atoms with van der Waals surface area (Å²) in [5.74, 6) is 0.698. The average molecular weight is 178 g/mol. The highest BCUT2D eigenvalue weighted by Gasteiger charge is 2.35. The van der Waals surface area contributed by atoms with Crippen LogP contribution < -0.4 is 0 Å². The Morgan fingerprint density at radius 3 is 3.00 bits per heavy atom. The van der Waals surface area contributed by atoms with Crippen molar-refractivity contribution in [3.63, 3.8) is 0 Å². The summed E-state index contributed by atoms with van der Waals surface area (Å²) in [4.78, 5) is 0. The van der Waals surface area contributed by atoms with Crippen LogP contribution in [-0.4, -0.2) is 10.2 Å². The first-order valence-electron chi connectivity index (χ1n) is 5.18. The zero-order chi connectivity index (χ0) is 9.47. The number of hydrogen-bond donors (Lipinski definition) is 1. The van der Waals surface area contributed by atoms with E-state index in [1.54, 1.807) is 0 Å². The molecule has 0 amide bonds. The Balaban J connectivity index is 2.45. The molecule has 0 aliphatic heterocycles. The fourth-order valence-electron chi connectivity index (χ4n) is 2.36. The van der Waals surface area contributed by atoms with Crippen LogP contribution in [-0.2, 0) is 11.8 Å². The molecule has 2 heteroatoms. The summed E-state index contributed by atoms with van der Waals surface area (Å²) in [6.07, 6.45) is 5.83. The van der Waals surface area contributed by atoms with E-state index < -0.39 is 0 Å². The number of aromatic amines is 1. The van der Waals surface area contributed by atoms with Gasteiger partial charge in [-0.2, -0.15) is 5.10 Å². The molecule has 0 radical (unpaired) electrons. The van der Waals surface area contributed by atoms with Gasteiger partial charge in [-0.25, -0.2) is 0 Å². The van der Waals surface area contributed by atoms with Crippen LogP contribution in [0.1, 0.15) is 44.9 Å². The van der Waals surface area contributed by atoms with Crippen LogP contribution in [0.3, 0.4) is 0 Å². The maximum absolute atomic E-state index is 4.31. The Hall–Kier alpha value is -0.790. The van der Waals surface area contributed by atoms with E-state index in [9.17, 15) is 0 Å². The predicted molar refractivity (Wildman–Crippen MR) is 53.7 cm³/mol. The van der Waals surface area contributed by atoms with E-state index in [1.807, 2.05) is 0 Å². The van der Waals surface area contributed by atoms with E-state index in [-0.39, 0.29) is 0 Å². The summed E-state index contributed by atoms with van der Waals surface area (Å²) in [6.45, 7) is 6.98. The summed E-state index contributed by atoms with van der Waals surface area (Å²) in [6, 6.07) is 0. The summed E-state index contributed by atoms with van der Waals surface area (Å²) < 4.78 is 0. The van der Waals surface area contributed by atoms with Gasteiger partial charge in [-0.15, -0.1) is 0 Å². The lowest BCUT2D eigenvalue weighted by Crippen LogP contribution is -2.32. The number of aromatic nitrogens is 2. The maximum atomic E-state index is 4.31. The predicted octanol–water partition coefficient (Wildman–Crippen LogP) is 2.66. The minimum atomic E-state index is 0.348. The van der Waals surface area contributed by atoms with E-state index in [0.29, 0.717) is 11.3 Å². The second kappa shape index (κ2) is 2.86. The monoisotopic (exact) mass is 178 g/mol. The van der Waals surface area contributed by atoms with Gasteiger partial charge in [-0.3, -0.25) is 5.10 Å². The first-order valence-corrected chi connectivity index (χ1v) is 5.18. The van der Waals surface area contributed by atoms with Crippen LogP contribution in [0.15, 0.2) is 6.20 Å². The molecule has 1 atom stereocenters. The van der Waals surface area contributed by atoms with Gasteiger partial charge in [0.1, 0.15) is 0 Å². The first kappa shape index (κ1) is 8.79. The number of fused-ring (bicyclic) bond motifs is 1. The van der Waals surface area contributed by atoms with Crippen molar-refractivity contribution in [2.75, 3.05) is 0 Å². The molecule has 1 unspecified atom stereocenters. The minimum absolute atomic E-state index is 0.348. The molecule has 13 heavy (non-hydrogen) atoms. The second-order valence-electron chi connectivity index (χ2n) is 4.67. The lowest BCUT2D eigenvalue weighted by Gasteiger charge is -2.37. The molecule has 1 heterocycles. The summed E-state index contributed by atoms with van der Waals surface area (Å²) >= 11 is 0. The largest absolute Gasteiger partial charge is 0.285 e. The number of rotatable bonds is 1. The molecule has 2 nitrogen and oxygen atoms in total. The number of aryl methyl sites for hydroxylation is 1. The Morgan fingerprint density at radius 2 is 2.31 bits per heavy atom. The molecule has 72 valence electrons. The third kappa shape index (κ3) is 1.19. The molecule has 0 saturated carbocycles. The highest BCUT2D eigenvalue weighted by molar-refractivity contribution is 5.29. The van der Waals surface area contributed by atoms with E-state index in [0.717, 1.165) is 6.42 Å². The van der Waals surface area contributed by atoms with Crippen molar-refractivity contribution < 1.29 is 0 Å². The number of H-pyrrole nitrogens is 1. The molecule has 0 aromatic carbocycles. The fourth-order valence-corrected chi connectivity index (χ4v) is 2.36. The van der Waals surface area contributed by atoms with Crippen molar-refractivity contribution in [1.29, 1.82) is 0 Å². The van der Waals surface area contributed by atoms with E-state index >= 15 is 0 Å². The molecule has 1 N–H and O–H groups in total. The third-order valence-electron chi connectivity index (χ3n) is 3.72. The van der Waals surface area contributed by atoms with Gasteiger partial charge in [-0.1, -0.05) is 20.8 Å². The third-order valence-corrected chi connectivity index (χ3v) is 3.72. The van der Waals surface area contributed by atoms with Gasteiger partial charge in [0, 0.05) is 6.20 Å². The highest BCUT2D eigenvalue weighted by Crippen LogP contribution is 2.41. The van der Waals surface area contributed by atoms with Gasteiger partial charge in [-0.05, 0) is 36.2 Å². The van der Waals surface area contributed by atoms with Crippen LogP contribution in [0.4, 0.5) is 0 Å². The van der Waals surface area contributed by atoms with Gasteiger partial charge in [0.05, 0.1) is 5.69 Å². The lowest BCUT2D eigenvalue weighted by molar-refractivity contribution is 0.290. The smallest absolute Gasteiger partial charge is 0.0659 e. The van der Waals surface area contributed by atoms with E-state index in [2.05, 4.69) is 37.2 Å². The van der Waals surface area contributed by atoms with Crippen LogP contribution >= 0.6 is 0 Å². The SMILES string of the molecule is CC(C)C1(C)CCCc2n[nH]cc21. The van der Waals surface area contributed by atoms with Crippen molar-refractivity contribution in [3.05, 3.63) is 17.5 Å². The molecule has 1 aliphatic rings. The molecule has 0 spiro atoms. The molecular weight excluding hydrogens is 160 g/mol. The number of hydrogen-bond acceptors (Lipinski definition) is 1. The average Bonchev–Trinajstić information content (AvgIpc) is 2.53. The number of nitrogens with one attached hydrogen (secondary N) is 1. The van der Waals surface area contributed by atoms with Crippen molar-refractivity contribution in [2.24, 2.45) is 5.92 Å².